The molecule has 2 unspecified atom stereocenters. The maximum absolute atomic E-state index is 13.8. The van der Waals surface area contributed by atoms with Gasteiger partial charge in [-0.1, -0.05) is 36.4 Å². The minimum absolute atomic E-state index is 0.0218. The zero-order valence-electron chi connectivity index (χ0n) is 12.1. The van der Waals surface area contributed by atoms with Crippen molar-refractivity contribution >= 4 is 21.4 Å². The van der Waals surface area contributed by atoms with E-state index in [4.69, 9.17) is 0 Å². The fourth-order valence-corrected chi connectivity index (χ4v) is 3.67. The second-order valence-corrected chi connectivity index (χ2v) is 6.43. The molecule has 0 saturated heterocycles. The van der Waals surface area contributed by atoms with Crippen molar-refractivity contribution in [2.24, 2.45) is 0 Å². The van der Waals surface area contributed by atoms with Crippen LogP contribution in [0.4, 0.5) is 4.39 Å². The molecule has 2 aromatic carbocycles. The fourth-order valence-electron chi connectivity index (χ4n) is 2.59. The molecule has 0 aliphatic heterocycles. The second-order valence-electron chi connectivity index (χ2n) is 5.32. The van der Waals surface area contributed by atoms with Crippen LogP contribution in [0, 0.1) is 5.82 Å². The molecule has 1 nitrogen and oxygen atoms in total. The van der Waals surface area contributed by atoms with Crippen molar-refractivity contribution in [2.75, 3.05) is 0 Å². The van der Waals surface area contributed by atoms with Gasteiger partial charge in [0, 0.05) is 27.2 Å². The molecule has 0 bridgehead atoms. The van der Waals surface area contributed by atoms with Crippen molar-refractivity contribution < 1.29 is 4.39 Å². The number of hydrogen-bond acceptors (Lipinski definition) is 2. The summed E-state index contributed by atoms with van der Waals surface area (Å²) in [5, 5.41) is 4.75. The van der Waals surface area contributed by atoms with Gasteiger partial charge >= 0.3 is 0 Å². The molecule has 3 rings (SSSR count). The highest BCUT2D eigenvalue weighted by Gasteiger charge is 2.15. The predicted molar refractivity (Wildman–Crippen MR) is 88.2 cm³/mol. The summed E-state index contributed by atoms with van der Waals surface area (Å²) < 4.78 is 15.1. The molecule has 3 aromatic rings. The van der Waals surface area contributed by atoms with E-state index in [9.17, 15) is 4.39 Å². The average Bonchev–Trinajstić information content (AvgIpc) is 2.91. The molecule has 1 N–H and O–H groups in total. The third kappa shape index (κ3) is 2.99. The zero-order chi connectivity index (χ0) is 14.8. The molecule has 0 spiro atoms. The lowest BCUT2D eigenvalue weighted by atomic mass is 10.1. The summed E-state index contributed by atoms with van der Waals surface area (Å²) in [6.45, 7) is 4.13. The second kappa shape index (κ2) is 5.96. The lowest BCUT2D eigenvalue weighted by Crippen LogP contribution is -2.22. The fraction of sp³-hybridized carbons (Fsp3) is 0.222. The molecule has 0 aliphatic carbocycles. The van der Waals surface area contributed by atoms with Crippen LogP contribution in [0.1, 0.15) is 36.4 Å². The van der Waals surface area contributed by atoms with E-state index in [2.05, 4.69) is 42.6 Å². The topological polar surface area (TPSA) is 12.0 Å². The SMILES string of the molecule is CC(NC(C)c1ccccc1F)c1cc2ccccc2s1. The van der Waals surface area contributed by atoms with E-state index in [1.165, 1.54) is 21.0 Å². The van der Waals surface area contributed by atoms with Gasteiger partial charge in [-0.3, -0.25) is 0 Å². The smallest absolute Gasteiger partial charge is 0.127 e. The van der Waals surface area contributed by atoms with Gasteiger partial charge < -0.3 is 5.32 Å². The first-order valence-corrected chi connectivity index (χ1v) is 7.96. The molecule has 1 aromatic heterocycles. The average molecular weight is 299 g/mol. The summed E-state index contributed by atoms with van der Waals surface area (Å²) in [7, 11) is 0. The maximum atomic E-state index is 13.8. The van der Waals surface area contributed by atoms with Crippen LogP contribution in [-0.2, 0) is 0 Å². The first kappa shape index (κ1) is 14.2. The highest BCUT2D eigenvalue weighted by atomic mass is 32.1. The van der Waals surface area contributed by atoms with Crippen LogP contribution in [0.3, 0.4) is 0 Å². The standard InChI is InChI=1S/C18H18FNS/c1-12(15-8-4-5-9-16(15)19)20-13(2)18-11-14-7-3-6-10-17(14)21-18/h3-13,20H,1-2H3. The van der Waals surface area contributed by atoms with Crippen LogP contribution in [-0.4, -0.2) is 0 Å². The number of nitrogens with one attached hydrogen (secondary N) is 1. The lowest BCUT2D eigenvalue weighted by molar-refractivity contribution is 0.478. The number of hydrogen-bond donors (Lipinski definition) is 1. The molecule has 0 aliphatic rings. The molecule has 3 heteroatoms. The molecular weight excluding hydrogens is 281 g/mol. The summed E-state index contributed by atoms with van der Waals surface area (Å²) in [6.07, 6.45) is 0. The predicted octanol–water partition coefficient (Wildman–Crippen LogP) is 5.45. The Labute approximate surface area is 128 Å². The summed E-state index contributed by atoms with van der Waals surface area (Å²) in [5.41, 5.74) is 0.713. The molecule has 21 heavy (non-hydrogen) atoms. The van der Waals surface area contributed by atoms with Gasteiger partial charge in [0.25, 0.3) is 0 Å². The number of thiophene rings is 1. The van der Waals surface area contributed by atoms with Crippen LogP contribution in [0.15, 0.2) is 54.6 Å². The first-order chi connectivity index (χ1) is 10.1. The highest BCUT2D eigenvalue weighted by Crippen LogP contribution is 2.31. The van der Waals surface area contributed by atoms with E-state index >= 15 is 0 Å². The quantitative estimate of drug-likeness (QED) is 0.675. The molecular formula is C18H18FNS. The lowest BCUT2D eigenvalue weighted by Gasteiger charge is -2.20. The molecule has 108 valence electrons. The van der Waals surface area contributed by atoms with Crippen molar-refractivity contribution in [3.8, 4) is 0 Å². The van der Waals surface area contributed by atoms with E-state index in [0.717, 1.165) is 0 Å². The van der Waals surface area contributed by atoms with Gasteiger partial charge in [0.1, 0.15) is 5.82 Å². The van der Waals surface area contributed by atoms with Gasteiger partial charge in [0.15, 0.2) is 0 Å². The Morgan fingerprint density at radius 1 is 0.952 bits per heavy atom. The van der Waals surface area contributed by atoms with Crippen molar-refractivity contribution in [1.29, 1.82) is 0 Å². The molecule has 0 amide bonds. The normalized spacial score (nSPS) is 14.2. The zero-order valence-corrected chi connectivity index (χ0v) is 13.0. The minimum Gasteiger partial charge on any atom is -0.303 e. The molecule has 2 atom stereocenters. The van der Waals surface area contributed by atoms with Crippen molar-refractivity contribution in [1.82, 2.24) is 5.32 Å². The van der Waals surface area contributed by atoms with Crippen molar-refractivity contribution in [3.63, 3.8) is 0 Å². The summed E-state index contributed by atoms with van der Waals surface area (Å²) in [4.78, 5) is 1.28. The minimum atomic E-state index is -0.152. The van der Waals surface area contributed by atoms with Crippen LogP contribution in [0.2, 0.25) is 0 Å². The van der Waals surface area contributed by atoms with Crippen LogP contribution in [0.25, 0.3) is 10.1 Å². The Kier molecular flexibility index (Phi) is 4.04. The molecule has 0 radical (unpaired) electrons. The Hall–Kier alpha value is -1.71. The van der Waals surface area contributed by atoms with Crippen molar-refractivity contribution in [3.05, 3.63) is 70.9 Å². The molecule has 0 saturated carbocycles. The number of rotatable bonds is 4. The van der Waals surface area contributed by atoms with Gasteiger partial charge in [-0.25, -0.2) is 4.39 Å². The molecule has 0 fully saturated rings. The van der Waals surface area contributed by atoms with Gasteiger partial charge in [-0.15, -0.1) is 11.3 Å². The Morgan fingerprint density at radius 2 is 1.67 bits per heavy atom. The largest absolute Gasteiger partial charge is 0.303 e. The summed E-state index contributed by atoms with van der Waals surface area (Å²) >= 11 is 1.79. The Balaban J connectivity index is 1.79. The van der Waals surface area contributed by atoms with E-state index in [1.54, 1.807) is 17.4 Å². The maximum Gasteiger partial charge on any atom is 0.127 e. The molecule has 1 heterocycles. The van der Waals surface area contributed by atoms with Gasteiger partial charge in [-0.2, -0.15) is 0 Å². The van der Waals surface area contributed by atoms with Crippen LogP contribution >= 0.6 is 11.3 Å². The number of halogens is 1. The van der Waals surface area contributed by atoms with E-state index < -0.39 is 0 Å². The monoisotopic (exact) mass is 299 g/mol. The van der Waals surface area contributed by atoms with E-state index in [0.29, 0.717) is 5.56 Å². The third-order valence-corrected chi connectivity index (χ3v) is 5.04. The number of benzene rings is 2. The Bertz CT molecular complexity index is 717. The van der Waals surface area contributed by atoms with Crippen molar-refractivity contribution in [2.45, 2.75) is 25.9 Å². The van der Waals surface area contributed by atoms with Crippen LogP contribution < -0.4 is 5.32 Å². The Morgan fingerprint density at radius 3 is 2.43 bits per heavy atom. The summed E-state index contributed by atoms with van der Waals surface area (Å²) in [6, 6.07) is 17.7. The van der Waals surface area contributed by atoms with Gasteiger partial charge in [0.05, 0.1) is 0 Å². The summed E-state index contributed by atoms with van der Waals surface area (Å²) in [5.74, 6) is -0.152. The van der Waals surface area contributed by atoms with Crippen LogP contribution in [0.5, 0.6) is 0 Å². The van der Waals surface area contributed by atoms with E-state index in [1.807, 2.05) is 19.1 Å². The van der Waals surface area contributed by atoms with E-state index in [-0.39, 0.29) is 17.9 Å². The number of fused-ring (bicyclic) bond motifs is 1. The van der Waals surface area contributed by atoms with Gasteiger partial charge in [-0.05, 0) is 37.4 Å². The first-order valence-electron chi connectivity index (χ1n) is 7.14. The third-order valence-electron chi connectivity index (χ3n) is 3.74. The van der Waals surface area contributed by atoms with Gasteiger partial charge in [0.2, 0.25) is 0 Å². The highest BCUT2D eigenvalue weighted by molar-refractivity contribution is 7.19.